The van der Waals surface area contributed by atoms with Gasteiger partial charge in [-0.1, -0.05) is 36.4 Å². The molecule has 0 radical (unpaired) electrons. The third-order valence-electron chi connectivity index (χ3n) is 5.98. The van der Waals surface area contributed by atoms with Crippen LogP contribution in [0.5, 0.6) is 0 Å². The highest BCUT2D eigenvalue weighted by Gasteiger charge is 2.39. The van der Waals surface area contributed by atoms with Gasteiger partial charge in [-0.2, -0.15) is 0 Å². The molecule has 4 aromatic rings. The van der Waals surface area contributed by atoms with Crippen LogP contribution in [0.1, 0.15) is 39.6 Å². The maximum atomic E-state index is 13.3. The maximum absolute atomic E-state index is 13.3. The number of anilines is 1. The van der Waals surface area contributed by atoms with Gasteiger partial charge >= 0.3 is 0 Å². The summed E-state index contributed by atoms with van der Waals surface area (Å²) in [4.78, 5) is 31.1. The highest BCUT2D eigenvalue weighted by Crippen LogP contribution is 2.42. The van der Waals surface area contributed by atoms with E-state index in [-0.39, 0.29) is 36.6 Å². The van der Waals surface area contributed by atoms with Crippen LogP contribution in [0.2, 0.25) is 0 Å². The van der Waals surface area contributed by atoms with Crippen LogP contribution in [-0.4, -0.2) is 28.2 Å². The number of fused-ring (bicyclic) bond motifs is 2. The first-order valence-corrected chi connectivity index (χ1v) is 10.6. The molecule has 0 fully saturated rings. The second kappa shape index (κ2) is 7.96. The molecular formula is C26H22FN3O2. The molecule has 1 aliphatic heterocycles. The summed E-state index contributed by atoms with van der Waals surface area (Å²) in [6.45, 7) is 2.28. The van der Waals surface area contributed by atoms with Crippen molar-refractivity contribution in [3.8, 4) is 0 Å². The van der Waals surface area contributed by atoms with E-state index < -0.39 is 0 Å². The van der Waals surface area contributed by atoms with Gasteiger partial charge in [-0.25, -0.2) is 4.39 Å². The van der Waals surface area contributed by atoms with Gasteiger partial charge in [-0.3, -0.25) is 9.59 Å². The van der Waals surface area contributed by atoms with Crippen LogP contribution in [0.25, 0.3) is 10.9 Å². The number of aromatic amines is 1. The van der Waals surface area contributed by atoms with Crippen molar-refractivity contribution < 1.29 is 14.0 Å². The molecule has 1 unspecified atom stereocenters. The lowest BCUT2D eigenvalue weighted by Crippen LogP contribution is -2.32. The topological polar surface area (TPSA) is 65.2 Å². The zero-order valence-corrected chi connectivity index (χ0v) is 17.6. The summed E-state index contributed by atoms with van der Waals surface area (Å²) >= 11 is 0. The van der Waals surface area contributed by atoms with E-state index in [1.165, 1.54) is 24.3 Å². The van der Waals surface area contributed by atoms with Gasteiger partial charge < -0.3 is 15.2 Å². The summed E-state index contributed by atoms with van der Waals surface area (Å²) in [6, 6.07) is 21.0. The monoisotopic (exact) mass is 427 g/mol. The van der Waals surface area contributed by atoms with Gasteiger partial charge in [0.05, 0.1) is 6.04 Å². The van der Waals surface area contributed by atoms with E-state index in [1.54, 1.807) is 4.90 Å². The molecule has 5 rings (SSSR count). The normalized spacial score (nSPS) is 15.2. The summed E-state index contributed by atoms with van der Waals surface area (Å²) in [5.74, 6) is -0.667. The zero-order chi connectivity index (χ0) is 22.2. The largest absolute Gasteiger partial charge is 0.358 e. The van der Waals surface area contributed by atoms with Gasteiger partial charge in [-0.15, -0.1) is 0 Å². The standard InChI is InChI=1S/C26H22FN3O2/c1-16-24(21-8-4-5-9-22(21)28-16)25-19-6-2-3-7-20(19)26(32)30(25)15-14-23(31)29-18-12-10-17(27)11-13-18/h2-13,25,28H,14-15H2,1H3,(H,29,31). The predicted octanol–water partition coefficient (Wildman–Crippen LogP) is 5.19. The number of nitrogens with one attached hydrogen (secondary N) is 2. The molecule has 0 saturated carbocycles. The van der Waals surface area contributed by atoms with Gasteiger partial charge in [0, 0.05) is 46.4 Å². The van der Waals surface area contributed by atoms with Crippen LogP contribution in [0.15, 0.2) is 72.8 Å². The fourth-order valence-corrected chi connectivity index (χ4v) is 4.54. The van der Waals surface area contributed by atoms with E-state index in [1.807, 2.05) is 49.4 Å². The van der Waals surface area contributed by atoms with Crippen molar-refractivity contribution >= 4 is 28.4 Å². The number of H-pyrrole nitrogens is 1. The molecule has 0 aliphatic carbocycles. The first-order valence-electron chi connectivity index (χ1n) is 10.6. The third kappa shape index (κ3) is 3.43. The van der Waals surface area contributed by atoms with E-state index in [4.69, 9.17) is 0 Å². The van der Waals surface area contributed by atoms with Crippen molar-refractivity contribution in [1.29, 1.82) is 0 Å². The summed E-state index contributed by atoms with van der Waals surface area (Å²) in [5, 5.41) is 3.84. The Morgan fingerprint density at radius 1 is 1.03 bits per heavy atom. The molecule has 6 heteroatoms. The molecule has 0 saturated heterocycles. The van der Waals surface area contributed by atoms with Crippen molar-refractivity contribution in [2.24, 2.45) is 0 Å². The fourth-order valence-electron chi connectivity index (χ4n) is 4.54. The van der Waals surface area contributed by atoms with Crippen LogP contribution in [-0.2, 0) is 4.79 Å². The number of aryl methyl sites for hydroxylation is 1. The average Bonchev–Trinajstić information content (AvgIpc) is 3.27. The summed E-state index contributed by atoms with van der Waals surface area (Å²) < 4.78 is 13.1. The number of aromatic nitrogens is 1. The molecule has 1 aromatic heterocycles. The maximum Gasteiger partial charge on any atom is 0.255 e. The summed E-state index contributed by atoms with van der Waals surface area (Å²) in [6.07, 6.45) is 0.134. The highest BCUT2D eigenvalue weighted by molar-refractivity contribution is 6.01. The van der Waals surface area contributed by atoms with Gasteiger partial charge in [-0.05, 0) is 48.9 Å². The molecule has 1 aliphatic rings. The minimum atomic E-state index is -0.361. The molecule has 32 heavy (non-hydrogen) atoms. The van der Waals surface area contributed by atoms with Crippen molar-refractivity contribution in [3.05, 3.63) is 101 Å². The molecule has 1 atom stereocenters. The van der Waals surface area contributed by atoms with Crippen molar-refractivity contribution in [3.63, 3.8) is 0 Å². The SMILES string of the molecule is Cc1[nH]c2ccccc2c1C1c2ccccc2C(=O)N1CCC(=O)Nc1ccc(F)cc1. The Labute approximate surface area is 184 Å². The van der Waals surface area contributed by atoms with Gasteiger partial charge in [0.1, 0.15) is 5.82 Å². The number of para-hydroxylation sites is 1. The van der Waals surface area contributed by atoms with E-state index in [0.717, 1.165) is 27.7 Å². The van der Waals surface area contributed by atoms with E-state index in [9.17, 15) is 14.0 Å². The van der Waals surface area contributed by atoms with Crippen molar-refractivity contribution in [1.82, 2.24) is 9.88 Å². The summed E-state index contributed by atoms with van der Waals surface area (Å²) in [7, 11) is 0. The number of rotatable bonds is 5. The lowest BCUT2D eigenvalue weighted by molar-refractivity contribution is -0.116. The summed E-state index contributed by atoms with van der Waals surface area (Å²) in [5.41, 5.74) is 5.21. The van der Waals surface area contributed by atoms with Crippen LogP contribution in [0, 0.1) is 12.7 Å². The first-order chi connectivity index (χ1) is 15.5. The van der Waals surface area contributed by atoms with Crippen LogP contribution < -0.4 is 5.32 Å². The first kappa shape index (κ1) is 20.0. The molecule has 3 aromatic carbocycles. The predicted molar refractivity (Wildman–Crippen MR) is 122 cm³/mol. The van der Waals surface area contributed by atoms with Crippen LogP contribution in [0.4, 0.5) is 10.1 Å². The molecule has 5 nitrogen and oxygen atoms in total. The van der Waals surface area contributed by atoms with E-state index in [2.05, 4.69) is 16.4 Å². The quantitative estimate of drug-likeness (QED) is 0.460. The van der Waals surface area contributed by atoms with Gasteiger partial charge in [0.15, 0.2) is 0 Å². The Kier molecular flexibility index (Phi) is 4.98. The number of halogens is 1. The molecule has 0 bridgehead atoms. The van der Waals surface area contributed by atoms with Crippen LogP contribution >= 0.6 is 0 Å². The molecule has 160 valence electrons. The number of carbonyl (C=O) groups excluding carboxylic acids is 2. The Bertz CT molecular complexity index is 1330. The lowest BCUT2D eigenvalue weighted by Gasteiger charge is -2.26. The van der Waals surface area contributed by atoms with Crippen LogP contribution in [0.3, 0.4) is 0 Å². The minimum Gasteiger partial charge on any atom is -0.358 e. The Hall–Kier alpha value is -3.93. The number of benzene rings is 3. The number of carbonyl (C=O) groups is 2. The molecule has 2 heterocycles. The third-order valence-corrected chi connectivity index (χ3v) is 5.98. The highest BCUT2D eigenvalue weighted by atomic mass is 19.1. The fraction of sp³-hybridized carbons (Fsp3) is 0.154. The Morgan fingerprint density at radius 2 is 1.75 bits per heavy atom. The molecule has 0 spiro atoms. The number of nitrogens with zero attached hydrogens (tertiary/aromatic N) is 1. The van der Waals surface area contributed by atoms with Gasteiger partial charge in [0.25, 0.3) is 5.91 Å². The zero-order valence-electron chi connectivity index (χ0n) is 17.6. The van der Waals surface area contributed by atoms with E-state index in [0.29, 0.717) is 11.3 Å². The van der Waals surface area contributed by atoms with E-state index >= 15 is 0 Å². The number of amides is 2. The molecular weight excluding hydrogens is 405 g/mol. The lowest BCUT2D eigenvalue weighted by atomic mass is 9.95. The Balaban J connectivity index is 1.45. The minimum absolute atomic E-state index is 0.0788. The average molecular weight is 427 g/mol. The Morgan fingerprint density at radius 3 is 2.56 bits per heavy atom. The van der Waals surface area contributed by atoms with Crippen molar-refractivity contribution in [2.75, 3.05) is 11.9 Å². The van der Waals surface area contributed by atoms with Gasteiger partial charge in [0.2, 0.25) is 5.91 Å². The number of hydrogen-bond acceptors (Lipinski definition) is 2. The molecule has 2 N–H and O–H groups in total. The second-order valence-electron chi connectivity index (χ2n) is 8.00. The molecule has 2 amide bonds. The second-order valence-corrected chi connectivity index (χ2v) is 8.00. The smallest absolute Gasteiger partial charge is 0.255 e. The number of hydrogen-bond donors (Lipinski definition) is 2. The van der Waals surface area contributed by atoms with Crippen molar-refractivity contribution in [2.45, 2.75) is 19.4 Å².